The summed E-state index contributed by atoms with van der Waals surface area (Å²) in [5.41, 5.74) is 2.44. The Labute approximate surface area is 161 Å². The summed E-state index contributed by atoms with van der Waals surface area (Å²) in [7, 11) is 0. The summed E-state index contributed by atoms with van der Waals surface area (Å²) < 4.78 is 5.20. The molecule has 7 atom stereocenters. The molecule has 146 valence electrons. The number of fused-ring (bicyclic) bond motifs is 5. The fourth-order valence-electron chi connectivity index (χ4n) is 7.89. The van der Waals surface area contributed by atoms with Crippen LogP contribution >= 0.6 is 0 Å². The lowest BCUT2D eigenvalue weighted by Gasteiger charge is -2.60. The van der Waals surface area contributed by atoms with Gasteiger partial charge in [0, 0.05) is 12.5 Å². The number of aliphatic hydroxyl groups is 1. The number of esters is 1. The Hall–Kier alpha value is -1.42. The molecule has 0 aromatic rings. The van der Waals surface area contributed by atoms with Gasteiger partial charge >= 0.3 is 5.97 Å². The molecular weight excluding hydrogens is 340 g/mol. The summed E-state index contributed by atoms with van der Waals surface area (Å²) in [5.74, 6) is 1.76. The van der Waals surface area contributed by atoms with Gasteiger partial charge < -0.3 is 9.84 Å². The van der Waals surface area contributed by atoms with E-state index in [9.17, 15) is 14.7 Å². The van der Waals surface area contributed by atoms with Crippen LogP contribution in [0.1, 0.15) is 58.8 Å². The van der Waals surface area contributed by atoms with Gasteiger partial charge in [-0.3, -0.25) is 4.79 Å². The maximum Gasteiger partial charge on any atom is 0.331 e. The summed E-state index contributed by atoms with van der Waals surface area (Å²) in [6.45, 7) is 5.08. The van der Waals surface area contributed by atoms with E-state index in [1.165, 1.54) is 12.0 Å². The van der Waals surface area contributed by atoms with Crippen molar-refractivity contribution in [2.75, 3.05) is 6.61 Å². The number of rotatable bonds is 1. The van der Waals surface area contributed by atoms with Crippen LogP contribution in [0.25, 0.3) is 0 Å². The molecule has 0 radical (unpaired) electrons. The van der Waals surface area contributed by atoms with Crippen LogP contribution in [0.3, 0.4) is 0 Å². The topological polar surface area (TPSA) is 63.6 Å². The molecule has 0 bridgehead atoms. The summed E-state index contributed by atoms with van der Waals surface area (Å²) >= 11 is 0. The van der Waals surface area contributed by atoms with Gasteiger partial charge in [-0.15, -0.1) is 0 Å². The first kappa shape index (κ1) is 17.7. The molecule has 4 aliphatic carbocycles. The number of cyclic esters (lactones) is 1. The monoisotopic (exact) mass is 370 g/mol. The molecule has 1 N–H and O–H groups in total. The highest BCUT2D eigenvalue weighted by Crippen LogP contribution is 2.67. The van der Waals surface area contributed by atoms with Crippen LogP contribution in [0, 0.1) is 34.5 Å². The van der Waals surface area contributed by atoms with E-state index in [1.807, 2.05) is 6.08 Å². The molecule has 0 saturated heterocycles. The Bertz CT molecular complexity index is 764. The Morgan fingerprint density at radius 3 is 2.67 bits per heavy atom. The van der Waals surface area contributed by atoms with Crippen LogP contribution < -0.4 is 0 Å². The zero-order valence-electron chi connectivity index (χ0n) is 16.4. The molecule has 0 aromatic heterocycles. The summed E-state index contributed by atoms with van der Waals surface area (Å²) in [6.07, 6.45) is 9.91. The predicted molar refractivity (Wildman–Crippen MR) is 101 cm³/mol. The van der Waals surface area contributed by atoms with Gasteiger partial charge in [-0.05, 0) is 84.7 Å². The SMILES string of the molecule is C[C@]12C[C@@H](O)[C@H]3[C@@H](CCC4=CC(=O)CC[C@@]43C)[C@@H]1CC[C@@H]2C1=CC(=O)OC1. The van der Waals surface area contributed by atoms with E-state index in [0.29, 0.717) is 30.8 Å². The van der Waals surface area contributed by atoms with E-state index in [2.05, 4.69) is 13.8 Å². The Morgan fingerprint density at radius 2 is 1.93 bits per heavy atom. The number of carbonyl (C=O) groups excluding carboxylic acids is 2. The third-order valence-corrected chi connectivity index (χ3v) is 9.03. The lowest BCUT2D eigenvalue weighted by molar-refractivity contribution is -0.135. The van der Waals surface area contributed by atoms with Crippen molar-refractivity contribution in [3.63, 3.8) is 0 Å². The number of carbonyl (C=O) groups is 2. The fraction of sp³-hybridized carbons (Fsp3) is 0.739. The summed E-state index contributed by atoms with van der Waals surface area (Å²) in [5, 5.41) is 11.4. The first-order valence-electron chi connectivity index (χ1n) is 10.6. The molecule has 0 amide bonds. The number of hydrogen-bond donors (Lipinski definition) is 1. The Balaban J connectivity index is 1.50. The first-order chi connectivity index (χ1) is 12.8. The molecule has 27 heavy (non-hydrogen) atoms. The average molecular weight is 370 g/mol. The number of aliphatic hydroxyl groups excluding tert-OH is 1. The summed E-state index contributed by atoms with van der Waals surface area (Å²) in [4.78, 5) is 23.6. The standard InChI is InChI=1S/C23H30O4/c1-22-8-7-15(24)10-14(22)3-4-16-18-6-5-17(13-9-20(26)27-12-13)23(18,2)11-19(25)21(16)22/h9-10,16-19,21,25H,3-8,11-12H2,1-2H3/t16-,17+,18-,19+,21+,22-,23+/m0/s1. The molecule has 3 fully saturated rings. The second-order valence-electron chi connectivity index (χ2n) is 10.1. The fourth-order valence-corrected chi connectivity index (χ4v) is 7.89. The van der Waals surface area contributed by atoms with Gasteiger partial charge in [0.1, 0.15) is 6.61 Å². The first-order valence-corrected chi connectivity index (χ1v) is 10.6. The molecule has 4 nitrogen and oxygen atoms in total. The van der Waals surface area contributed by atoms with Crippen LogP contribution in [0.5, 0.6) is 0 Å². The largest absolute Gasteiger partial charge is 0.458 e. The van der Waals surface area contributed by atoms with Gasteiger partial charge in [-0.1, -0.05) is 19.4 Å². The molecule has 4 heteroatoms. The van der Waals surface area contributed by atoms with Gasteiger partial charge in [0.15, 0.2) is 5.78 Å². The van der Waals surface area contributed by atoms with Crippen LogP contribution in [0.2, 0.25) is 0 Å². The van der Waals surface area contributed by atoms with E-state index in [0.717, 1.165) is 37.7 Å². The molecular formula is C23H30O4. The van der Waals surface area contributed by atoms with Crippen molar-refractivity contribution in [2.45, 2.75) is 64.9 Å². The molecule has 0 aromatic carbocycles. The van der Waals surface area contributed by atoms with Gasteiger partial charge in [0.05, 0.1) is 6.10 Å². The van der Waals surface area contributed by atoms with Crippen LogP contribution in [-0.2, 0) is 14.3 Å². The lowest BCUT2D eigenvalue weighted by Crippen LogP contribution is -2.56. The van der Waals surface area contributed by atoms with Crippen molar-refractivity contribution in [2.24, 2.45) is 34.5 Å². The predicted octanol–water partition coefficient (Wildman–Crippen LogP) is 3.59. The highest BCUT2D eigenvalue weighted by molar-refractivity contribution is 5.91. The highest BCUT2D eigenvalue weighted by atomic mass is 16.5. The van der Waals surface area contributed by atoms with Crippen molar-refractivity contribution < 1.29 is 19.4 Å². The van der Waals surface area contributed by atoms with Crippen molar-refractivity contribution in [3.8, 4) is 0 Å². The normalized spacial score (nSPS) is 48.9. The van der Waals surface area contributed by atoms with Gasteiger partial charge in [0.25, 0.3) is 0 Å². The number of allylic oxidation sites excluding steroid dienone is 1. The number of ether oxygens (including phenoxy) is 1. The molecule has 1 heterocycles. The zero-order valence-corrected chi connectivity index (χ0v) is 16.4. The minimum absolute atomic E-state index is 0.0264. The summed E-state index contributed by atoms with van der Waals surface area (Å²) in [6, 6.07) is 0. The van der Waals surface area contributed by atoms with E-state index in [-0.39, 0.29) is 34.6 Å². The molecule has 1 aliphatic heterocycles. The second kappa shape index (κ2) is 5.79. The number of hydrogen-bond acceptors (Lipinski definition) is 4. The molecule has 5 rings (SSSR count). The van der Waals surface area contributed by atoms with Crippen molar-refractivity contribution in [1.29, 1.82) is 0 Å². The van der Waals surface area contributed by atoms with E-state index >= 15 is 0 Å². The quantitative estimate of drug-likeness (QED) is 0.717. The smallest absolute Gasteiger partial charge is 0.331 e. The van der Waals surface area contributed by atoms with Gasteiger partial charge in [0.2, 0.25) is 0 Å². The second-order valence-corrected chi connectivity index (χ2v) is 10.1. The van der Waals surface area contributed by atoms with Gasteiger partial charge in [-0.2, -0.15) is 0 Å². The van der Waals surface area contributed by atoms with E-state index in [4.69, 9.17) is 4.74 Å². The number of ketones is 1. The van der Waals surface area contributed by atoms with Crippen LogP contribution in [0.4, 0.5) is 0 Å². The lowest BCUT2D eigenvalue weighted by atomic mass is 9.45. The van der Waals surface area contributed by atoms with E-state index < -0.39 is 0 Å². The van der Waals surface area contributed by atoms with Crippen molar-refractivity contribution in [3.05, 3.63) is 23.3 Å². The van der Waals surface area contributed by atoms with Crippen molar-refractivity contribution >= 4 is 11.8 Å². The minimum Gasteiger partial charge on any atom is -0.458 e. The van der Waals surface area contributed by atoms with E-state index in [1.54, 1.807) is 6.08 Å². The maximum absolute atomic E-state index is 12.0. The molecule has 3 saturated carbocycles. The minimum atomic E-state index is -0.336. The third-order valence-electron chi connectivity index (χ3n) is 9.03. The zero-order chi connectivity index (χ0) is 19.0. The highest BCUT2D eigenvalue weighted by Gasteiger charge is 2.62. The Morgan fingerprint density at radius 1 is 1.11 bits per heavy atom. The van der Waals surface area contributed by atoms with Crippen LogP contribution in [0.15, 0.2) is 23.3 Å². The maximum atomic E-state index is 12.0. The van der Waals surface area contributed by atoms with Gasteiger partial charge in [-0.25, -0.2) is 4.79 Å². The third kappa shape index (κ3) is 2.38. The van der Waals surface area contributed by atoms with Crippen LogP contribution in [-0.4, -0.2) is 29.6 Å². The average Bonchev–Trinajstić information content (AvgIpc) is 3.17. The van der Waals surface area contributed by atoms with Crippen molar-refractivity contribution in [1.82, 2.24) is 0 Å². The molecule has 0 spiro atoms. The molecule has 5 aliphatic rings. The molecule has 0 unspecified atom stereocenters. The Kier molecular flexibility index (Phi) is 3.79.